The summed E-state index contributed by atoms with van der Waals surface area (Å²) in [7, 11) is 0. The number of furan rings is 1. The van der Waals surface area contributed by atoms with Crippen molar-refractivity contribution in [3.8, 4) is 0 Å². The summed E-state index contributed by atoms with van der Waals surface area (Å²) in [5.74, 6) is 0.221. The first-order valence-corrected chi connectivity index (χ1v) is 9.91. The van der Waals surface area contributed by atoms with Gasteiger partial charge in [-0.15, -0.1) is 0 Å². The van der Waals surface area contributed by atoms with E-state index in [1.54, 1.807) is 24.5 Å². The standard InChI is InChI=1S/C21H16N2O3S2/c24-19(22-17-9-3-6-14-5-1-2-8-16(14)17)10-11-23-20(25)18(28-21(23)27)13-15-7-4-12-26-15/h1-9,12-13H,10-11H2,(H,22,24). The monoisotopic (exact) mass is 408 g/mol. The third-order valence-corrected chi connectivity index (χ3v) is 5.69. The molecule has 0 bridgehead atoms. The fourth-order valence-electron chi connectivity index (χ4n) is 2.96. The molecule has 2 amide bonds. The number of hydrogen-bond donors (Lipinski definition) is 1. The molecule has 0 aliphatic carbocycles. The number of fused-ring (bicyclic) bond motifs is 1. The summed E-state index contributed by atoms with van der Waals surface area (Å²) in [4.78, 5) is 26.9. The van der Waals surface area contributed by atoms with E-state index in [-0.39, 0.29) is 24.8 Å². The van der Waals surface area contributed by atoms with E-state index in [1.807, 2.05) is 42.5 Å². The Labute approximate surface area is 171 Å². The highest BCUT2D eigenvalue weighted by molar-refractivity contribution is 8.26. The molecule has 1 aromatic heterocycles. The molecule has 0 saturated carbocycles. The van der Waals surface area contributed by atoms with Crippen LogP contribution in [-0.4, -0.2) is 27.6 Å². The van der Waals surface area contributed by atoms with Gasteiger partial charge in [-0.2, -0.15) is 0 Å². The Hall–Kier alpha value is -2.90. The van der Waals surface area contributed by atoms with Crippen LogP contribution in [0.4, 0.5) is 5.69 Å². The van der Waals surface area contributed by atoms with Crippen LogP contribution in [0.1, 0.15) is 12.2 Å². The largest absolute Gasteiger partial charge is 0.465 e. The predicted octanol–water partition coefficient (Wildman–Crippen LogP) is 4.66. The maximum Gasteiger partial charge on any atom is 0.266 e. The van der Waals surface area contributed by atoms with Crippen molar-refractivity contribution in [2.24, 2.45) is 0 Å². The number of hydrogen-bond acceptors (Lipinski definition) is 5. The van der Waals surface area contributed by atoms with E-state index in [0.29, 0.717) is 15.0 Å². The van der Waals surface area contributed by atoms with E-state index in [1.165, 1.54) is 16.7 Å². The Morgan fingerprint density at radius 1 is 1.14 bits per heavy atom. The van der Waals surface area contributed by atoms with Crippen molar-refractivity contribution in [1.29, 1.82) is 0 Å². The molecule has 4 rings (SSSR count). The Bertz CT molecular complexity index is 1080. The normalized spacial score (nSPS) is 15.6. The second kappa shape index (κ2) is 8.00. The highest BCUT2D eigenvalue weighted by Gasteiger charge is 2.32. The lowest BCUT2D eigenvalue weighted by Gasteiger charge is -2.14. The van der Waals surface area contributed by atoms with Gasteiger partial charge in [-0.05, 0) is 23.6 Å². The summed E-state index contributed by atoms with van der Waals surface area (Å²) >= 11 is 6.51. The van der Waals surface area contributed by atoms with Crippen molar-refractivity contribution in [2.45, 2.75) is 6.42 Å². The SMILES string of the molecule is O=C(CCN1C(=O)C(=Cc2ccco2)SC1=S)Nc1cccc2ccccc12. The van der Waals surface area contributed by atoms with Gasteiger partial charge in [-0.1, -0.05) is 60.4 Å². The third-order valence-electron chi connectivity index (χ3n) is 4.32. The van der Waals surface area contributed by atoms with Crippen LogP contribution in [-0.2, 0) is 9.59 Å². The van der Waals surface area contributed by atoms with Crippen molar-refractivity contribution in [1.82, 2.24) is 4.90 Å². The fraction of sp³-hybridized carbons (Fsp3) is 0.0952. The minimum Gasteiger partial charge on any atom is -0.465 e. The molecule has 0 radical (unpaired) electrons. The molecule has 1 aliphatic heterocycles. The number of carbonyl (C=O) groups excluding carboxylic acids is 2. The molecule has 28 heavy (non-hydrogen) atoms. The summed E-state index contributed by atoms with van der Waals surface area (Å²) in [6, 6.07) is 17.1. The molecule has 3 aromatic rings. The predicted molar refractivity (Wildman–Crippen MR) is 116 cm³/mol. The van der Waals surface area contributed by atoms with Gasteiger partial charge in [0, 0.05) is 30.1 Å². The molecule has 1 fully saturated rings. The molecular formula is C21H16N2O3S2. The Morgan fingerprint density at radius 3 is 2.79 bits per heavy atom. The topological polar surface area (TPSA) is 62.6 Å². The van der Waals surface area contributed by atoms with Gasteiger partial charge in [0.05, 0.1) is 11.2 Å². The lowest BCUT2D eigenvalue weighted by molar-refractivity contribution is -0.122. The Morgan fingerprint density at radius 2 is 1.96 bits per heavy atom. The van der Waals surface area contributed by atoms with E-state index in [4.69, 9.17) is 16.6 Å². The number of amides is 2. The van der Waals surface area contributed by atoms with E-state index in [9.17, 15) is 9.59 Å². The van der Waals surface area contributed by atoms with Crippen LogP contribution in [0.2, 0.25) is 0 Å². The second-order valence-electron chi connectivity index (χ2n) is 6.17. The smallest absolute Gasteiger partial charge is 0.266 e. The highest BCUT2D eigenvalue weighted by atomic mass is 32.2. The zero-order valence-electron chi connectivity index (χ0n) is 14.8. The van der Waals surface area contributed by atoms with Gasteiger partial charge in [0.2, 0.25) is 5.91 Å². The summed E-state index contributed by atoms with van der Waals surface area (Å²) < 4.78 is 5.69. The minimum absolute atomic E-state index is 0.156. The van der Waals surface area contributed by atoms with Crippen molar-refractivity contribution in [3.05, 3.63) is 71.5 Å². The summed E-state index contributed by atoms with van der Waals surface area (Å²) in [6.07, 6.45) is 3.36. The Balaban J connectivity index is 1.41. The van der Waals surface area contributed by atoms with Crippen LogP contribution >= 0.6 is 24.0 Å². The molecule has 0 spiro atoms. The van der Waals surface area contributed by atoms with Gasteiger partial charge < -0.3 is 9.73 Å². The third kappa shape index (κ3) is 3.85. The van der Waals surface area contributed by atoms with E-state index < -0.39 is 0 Å². The fourth-order valence-corrected chi connectivity index (χ4v) is 4.24. The lowest BCUT2D eigenvalue weighted by Crippen LogP contribution is -2.31. The average Bonchev–Trinajstić information content (AvgIpc) is 3.29. The molecule has 7 heteroatoms. The van der Waals surface area contributed by atoms with Gasteiger partial charge in [0.1, 0.15) is 10.1 Å². The molecule has 0 unspecified atom stereocenters. The van der Waals surface area contributed by atoms with E-state index in [0.717, 1.165) is 16.5 Å². The Kier molecular flexibility index (Phi) is 5.27. The van der Waals surface area contributed by atoms with Gasteiger partial charge in [-0.25, -0.2) is 0 Å². The van der Waals surface area contributed by atoms with Crippen LogP contribution in [0, 0.1) is 0 Å². The number of nitrogens with one attached hydrogen (secondary N) is 1. The van der Waals surface area contributed by atoms with Crippen molar-refractivity contribution in [2.75, 3.05) is 11.9 Å². The first-order valence-electron chi connectivity index (χ1n) is 8.68. The van der Waals surface area contributed by atoms with E-state index >= 15 is 0 Å². The number of benzene rings is 2. The molecule has 5 nitrogen and oxygen atoms in total. The second-order valence-corrected chi connectivity index (χ2v) is 7.85. The van der Waals surface area contributed by atoms with Crippen LogP contribution in [0.15, 0.2) is 70.2 Å². The quantitative estimate of drug-likeness (QED) is 0.491. The highest BCUT2D eigenvalue weighted by Crippen LogP contribution is 2.32. The van der Waals surface area contributed by atoms with E-state index in [2.05, 4.69) is 5.32 Å². The van der Waals surface area contributed by atoms with Crippen LogP contribution in [0.25, 0.3) is 16.8 Å². The molecule has 0 atom stereocenters. The first kappa shape index (κ1) is 18.5. The van der Waals surface area contributed by atoms with Gasteiger partial charge in [0.15, 0.2) is 0 Å². The number of anilines is 1. The summed E-state index contributed by atoms with van der Waals surface area (Å²) in [5.41, 5.74) is 0.756. The average molecular weight is 409 g/mol. The molecule has 1 aliphatic rings. The van der Waals surface area contributed by atoms with Crippen LogP contribution < -0.4 is 5.32 Å². The van der Waals surface area contributed by atoms with Crippen molar-refractivity contribution >= 4 is 62.7 Å². The number of thioether (sulfide) groups is 1. The first-order chi connectivity index (χ1) is 13.6. The molecule has 1 N–H and O–H groups in total. The zero-order valence-corrected chi connectivity index (χ0v) is 16.4. The number of nitrogens with zero attached hydrogens (tertiary/aromatic N) is 1. The van der Waals surface area contributed by atoms with Gasteiger partial charge in [-0.3, -0.25) is 14.5 Å². The number of rotatable bonds is 5. The molecule has 140 valence electrons. The molecule has 2 heterocycles. The van der Waals surface area contributed by atoms with Gasteiger partial charge >= 0.3 is 0 Å². The van der Waals surface area contributed by atoms with Gasteiger partial charge in [0.25, 0.3) is 5.91 Å². The molecular weight excluding hydrogens is 392 g/mol. The van der Waals surface area contributed by atoms with Crippen LogP contribution in [0.3, 0.4) is 0 Å². The maximum atomic E-state index is 12.6. The van der Waals surface area contributed by atoms with Crippen molar-refractivity contribution < 1.29 is 14.0 Å². The number of thiocarbonyl (C=S) groups is 1. The molecule has 2 aromatic carbocycles. The minimum atomic E-state index is -0.204. The maximum absolute atomic E-state index is 12.6. The summed E-state index contributed by atoms with van der Waals surface area (Å²) in [6.45, 7) is 0.233. The summed E-state index contributed by atoms with van der Waals surface area (Å²) in [5, 5.41) is 4.96. The zero-order chi connectivity index (χ0) is 19.5. The van der Waals surface area contributed by atoms with Crippen molar-refractivity contribution in [3.63, 3.8) is 0 Å². The van der Waals surface area contributed by atoms with Crippen LogP contribution in [0.5, 0.6) is 0 Å². The lowest BCUT2D eigenvalue weighted by atomic mass is 10.1. The number of carbonyl (C=O) groups is 2. The molecule has 1 saturated heterocycles.